The van der Waals surface area contributed by atoms with Gasteiger partial charge in [-0.1, -0.05) is 18.5 Å². The SMILES string of the molecule is CCc1c(N2CCN(C(=O)c3ncnc(C)c3O)CC2)c(=O)c2nc(N3CCC34CCC4)cnc2n1CC(=O)Nc1ccc(C(F)(F)F)cc1Cl. The highest BCUT2D eigenvalue weighted by molar-refractivity contribution is 6.33. The fourth-order valence-electron chi connectivity index (χ4n) is 7.24. The van der Waals surface area contributed by atoms with Gasteiger partial charge in [0.2, 0.25) is 11.3 Å². The maximum absolute atomic E-state index is 14.4. The number of carbonyl (C=O) groups is 2. The number of aromatic nitrogens is 5. The Kier molecular flexibility index (Phi) is 8.76. The zero-order valence-corrected chi connectivity index (χ0v) is 28.7. The fraction of sp³-hybridized carbons (Fsp3) is 0.441. The Hall–Kier alpha value is -4.99. The molecule has 1 aliphatic carbocycles. The number of alkyl halides is 3. The molecule has 2 amide bonds. The first-order valence-electron chi connectivity index (χ1n) is 16.7. The lowest BCUT2D eigenvalue weighted by molar-refractivity contribution is -0.137. The molecule has 0 atom stereocenters. The molecule has 13 nitrogen and oxygen atoms in total. The Morgan fingerprint density at radius 3 is 2.41 bits per heavy atom. The van der Waals surface area contributed by atoms with Crippen LogP contribution < -0.4 is 20.5 Å². The number of aromatic hydroxyl groups is 1. The zero-order valence-electron chi connectivity index (χ0n) is 27.9. The average molecular weight is 726 g/mol. The largest absolute Gasteiger partial charge is 0.504 e. The summed E-state index contributed by atoms with van der Waals surface area (Å²) in [5.41, 5.74) is 0.0277. The molecule has 0 unspecified atom stereocenters. The molecule has 3 fully saturated rings. The van der Waals surface area contributed by atoms with Gasteiger partial charge in [-0.05, 0) is 57.2 Å². The van der Waals surface area contributed by atoms with Gasteiger partial charge >= 0.3 is 6.18 Å². The molecule has 5 heterocycles. The number of fused-ring (bicyclic) bond motifs is 1. The lowest BCUT2D eigenvalue weighted by atomic mass is 9.68. The van der Waals surface area contributed by atoms with Crippen LogP contribution in [0.4, 0.5) is 30.4 Å². The second-order valence-electron chi connectivity index (χ2n) is 13.1. The van der Waals surface area contributed by atoms with Crippen molar-refractivity contribution < 1.29 is 27.9 Å². The van der Waals surface area contributed by atoms with E-state index in [1.165, 1.54) is 6.33 Å². The molecule has 0 radical (unpaired) electrons. The van der Waals surface area contributed by atoms with Gasteiger partial charge in [0.05, 0.1) is 28.2 Å². The van der Waals surface area contributed by atoms with E-state index in [0.717, 1.165) is 50.4 Å². The third-order valence-electron chi connectivity index (χ3n) is 10.3. The van der Waals surface area contributed by atoms with Crippen LogP contribution in [0.1, 0.15) is 60.0 Å². The molecule has 268 valence electrons. The van der Waals surface area contributed by atoms with Crippen molar-refractivity contribution in [3.63, 3.8) is 0 Å². The summed E-state index contributed by atoms with van der Waals surface area (Å²) in [7, 11) is 0. The minimum Gasteiger partial charge on any atom is -0.504 e. The van der Waals surface area contributed by atoms with Crippen molar-refractivity contribution in [1.82, 2.24) is 29.4 Å². The third-order valence-corrected chi connectivity index (χ3v) is 10.6. The first kappa shape index (κ1) is 34.5. The van der Waals surface area contributed by atoms with Gasteiger partial charge in [0.1, 0.15) is 24.4 Å². The second kappa shape index (κ2) is 13.0. The van der Waals surface area contributed by atoms with E-state index >= 15 is 0 Å². The minimum atomic E-state index is -4.60. The van der Waals surface area contributed by atoms with E-state index in [-0.39, 0.29) is 82.7 Å². The normalized spacial score (nSPS) is 17.0. The number of benzene rings is 1. The van der Waals surface area contributed by atoms with Crippen molar-refractivity contribution in [3.05, 3.63) is 68.6 Å². The van der Waals surface area contributed by atoms with Crippen LogP contribution in [0.3, 0.4) is 0 Å². The van der Waals surface area contributed by atoms with Crippen LogP contribution in [0.15, 0.2) is 35.5 Å². The summed E-state index contributed by atoms with van der Waals surface area (Å²) in [6, 6.07) is 2.68. The number of anilines is 3. The topological polar surface area (TPSA) is 150 Å². The van der Waals surface area contributed by atoms with Gasteiger partial charge < -0.3 is 29.7 Å². The van der Waals surface area contributed by atoms with Crippen molar-refractivity contribution in [2.75, 3.05) is 47.8 Å². The van der Waals surface area contributed by atoms with E-state index in [9.17, 15) is 32.7 Å². The predicted octanol–water partition coefficient (Wildman–Crippen LogP) is 4.56. The van der Waals surface area contributed by atoms with Crippen LogP contribution in [0.2, 0.25) is 5.02 Å². The van der Waals surface area contributed by atoms with E-state index in [2.05, 4.69) is 25.2 Å². The lowest BCUT2D eigenvalue weighted by Gasteiger charge is -2.59. The highest BCUT2D eigenvalue weighted by Gasteiger charge is 2.49. The number of aryl methyl sites for hydroxylation is 1. The van der Waals surface area contributed by atoms with Gasteiger partial charge in [0.25, 0.3) is 5.91 Å². The third kappa shape index (κ3) is 6.08. The lowest BCUT2D eigenvalue weighted by Crippen LogP contribution is -2.64. The maximum atomic E-state index is 14.4. The number of piperazine rings is 1. The maximum Gasteiger partial charge on any atom is 0.416 e. The average Bonchev–Trinajstić information content (AvgIpc) is 3.06. The zero-order chi connectivity index (χ0) is 36.2. The van der Waals surface area contributed by atoms with Crippen molar-refractivity contribution in [2.45, 2.75) is 64.2 Å². The Balaban J connectivity index is 1.23. The Morgan fingerprint density at radius 1 is 1.06 bits per heavy atom. The number of amides is 2. The molecule has 7 rings (SSSR count). The predicted molar refractivity (Wildman–Crippen MR) is 183 cm³/mol. The van der Waals surface area contributed by atoms with Crippen molar-refractivity contribution in [1.29, 1.82) is 0 Å². The summed E-state index contributed by atoms with van der Waals surface area (Å²) < 4.78 is 41.3. The summed E-state index contributed by atoms with van der Waals surface area (Å²) in [6.07, 6.45) is 2.80. The molecule has 3 aliphatic rings. The summed E-state index contributed by atoms with van der Waals surface area (Å²) in [6.45, 7) is 4.84. The van der Waals surface area contributed by atoms with Crippen LogP contribution in [0, 0.1) is 6.92 Å². The molecule has 1 spiro atoms. The highest BCUT2D eigenvalue weighted by atomic mass is 35.5. The quantitative estimate of drug-likeness (QED) is 0.278. The van der Waals surface area contributed by atoms with Gasteiger partial charge in [-0.2, -0.15) is 13.2 Å². The Bertz CT molecular complexity index is 2110. The van der Waals surface area contributed by atoms with E-state index in [1.54, 1.807) is 22.6 Å². The second-order valence-corrected chi connectivity index (χ2v) is 13.5. The molecule has 2 aliphatic heterocycles. The number of carbonyl (C=O) groups excluding carboxylic acids is 2. The molecule has 2 N–H and O–H groups in total. The summed E-state index contributed by atoms with van der Waals surface area (Å²) in [5.74, 6) is -0.757. The first-order chi connectivity index (χ1) is 24.3. The summed E-state index contributed by atoms with van der Waals surface area (Å²) >= 11 is 6.13. The number of halogens is 4. The number of rotatable bonds is 7. The number of hydrogen-bond acceptors (Lipinski definition) is 10. The van der Waals surface area contributed by atoms with Crippen LogP contribution in [-0.2, 0) is 23.9 Å². The summed E-state index contributed by atoms with van der Waals surface area (Å²) in [5, 5.41) is 12.7. The number of pyridine rings is 1. The molecule has 1 saturated carbocycles. The molecule has 0 bridgehead atoms. The summed E-state index contributed by atoms with van der Waals surface area (Å²) in [4.78, 5) is 64.2. The van der Waals surface area contributed by atoms with Gasteiger partial charge in [0, 0.05) is 44.0 Å². The molecule has 2 saturated heterocycles. The number of nitrogens with zero attached hydrogens (tertiary/aromatic N) is 8. The monoisotopic (exact) mass is 725 g/mol. The molecule has 1 aromatic carbocycles. The van der Waals surface area contributed by atoms with Crippen LogP contribution in [0.5, 0.6) is 5.75 Å². The molecular weight excluding hydrogens is 691 g/mol. The van der Waals surface area contributed by atoms with Gasteiger partial charge in [-0.3, -0.25) is 14.4 Å². The fourth-order valence-corrected chi connectivity index (χ4v) is 7.47. The number of hydrogen-bond donors (Lipinski definition) is 2. The molecule has 4 aromatic rings. The van der Waals surface area contributed by atoms with E-state index in [1.807, 2.05) is 11.8 Å². The van der Waals surface area contributed by atoms with Crippen molar-refractivity contribution in [2.24, 2.45) is 0 Å². The Morgan fingerprint density at radius 2 is 1.80 bits per heavy atom. The van der Waals surface area contributed by atoms with Crippen LogP contribution in [-0.4, -0.2) is 84.6 Å². The van der Waals surface area contributed by atoms with Gasteiger partial charge in [-0.25, -0.2) is 19.9 Å². The Labute approximate surface area is 295 Å². The smallest absolute Gasteiger partial charge is 0.416 e. The van der Waals surface area contributed by atoms with Crippen molar-refractivity contribution in [3.8, 4) is 5.75 Å². The van der Waals surface area contributed by atoms with Crippen LogP contribution >= 0.6 is 11.6 Å². The van der Waals surface area contributed by atoms with E-state index in [4.69, 9.17) is 16.6 Å². The van der Waals surface area contributed by atoms with Crippen molar-refractivity contribution >= 4 is 51.8 Å². The standard InChI is InChI=1S/C34H35ClF3N9O4/c1-3-23-28(44-11-13-45(14-12-44)32(51)27-29(49)19(2)40-18-41-27)30(50)26-31(39-16-24(43-26)47-10-9-33(47)7-4-8-33)46(23)17-25(48)42-22-6-5-20(15-21(22)35)34(36,37)38/h5-6,15-16,18,49H,3-4,7-14,17H2,1-2H3,(H,42,48). The first-order valence-corrected chi connectivity index (χ1v) is 17.1. The highest BCUT2D eigenvalue weighted by Crippen LogP contribution is 2.48. The van der Waals surface area contributed by atoms with E-state index in [0.29, 0.717) is 23.6 Å². The number of nitrogens with one attached hydrogen (secondary N) is 1. The van der Waals surface area contributed by atoms with Crippen LogP contribution in [0.25, 0.3) is 11.2 Å². The molecular formula is C34H35ClF3N9O4. The van der Waals surface area contributed by atoms with Gasteiger partial charge in [-0.15, -0.1) is 0 Å². The molecule has 3 aromatic heterocycles. The van der Waals surface area contributed by atoms with Gasteiger partial charge in [0.15, 0.2) is 22.6 Å². The van der Waals surface area contributed by atoms with E-state index < -0.39 is 23.6 Å². The molecule has 51 heavy (non-hydrogen) atoms. The minimum absolute atomic E-state index is 0.000876. The molecule has 17 heteroatoms.